The zero-order chi connectivity index (χ0) is 13.1. The fraction of sp³-hybridized carbons (Fsp3) is 0.929. The zero-order valence-corrected chi connectivity index (χ0v) is 11.9. The van der Waals surface area contributed by atoms with E-state index in [2.05, 4.69) is 29.4 Å². The van der Waals surface area contributed by atoms with Crippen LogP contribution in [0.4, 0.5) is 0 Å². The molecule has 0 aromatic rings. The Kier molecular flexibility index (Phi) is 4.62. The van der Waals surface area contributed by atoms with Gasteiger partial charge in [0.25, 0.3) is 0 Å². The molecular formula is C14H27N3O. The van der Waals surface area contributed by atoms with Gasteiger partial charge >= 0.3 is 0 Å². The van der Waals surface area contributed by atoms with Crippen molar-refractivity contribution >= 4 is 5.91 Å². The highest BCUT2D eigenvalue weighted by atomic mass is 16.2. The molecule has 104 valence electrons. The Balaban J connectivity index is 2.10. The third kappa shape index (κ3) is 2.69. The fourth-order valence-corrected chi connectivity index (χ4v) is 3.55. The molecule has 2 rings (SSSR count). The molecule has 2 aliphatic rings. The number of hydrogen-bond acceptors (Lipinski definition) is 3. The fourth-order valence-electron chi connectivity index (χ4n) is 3.55. The first kappa shape index (κ1) is 13.8. The van der Waals surface area contributed by atoms with Crippen molar-refractivity contribution in [2.75, 3.05) is 26.7 Å². The summed E-state index contributed by atoms with van der Waals surface area (Å²) in [7, 11) is 1.74. The molecule has 1 heterocycles. The highest BCUT2D eigenvalue weighted by molar-refractivity contribution is 5.81. The van der Waals surface area contributed by atoms with Crippen LogP contribution in [0.25, 0.3) is 0 Å². The molecule has 0 spiro atoms. The number of hydrogen-bond donors (Lipinski definition) is 2. The standard InChI is InChI=1S/C14H27N3O/c1-10-5-4-6-12(11(10)2)17-8-7-16-9-13(17)14(18)15-3/h10-13,16H,4-9H2,1-3H3,(H,15,18). The van der Waals surface area contributed by atoms with Crippen LogP contribution >= 0.6 is 0 Å². The average molecular weight is 253 g/mol. The maximum Gasteiger partial charge on any atom is 0.238 e. The summed E-state index contributed by atoms with van der Waals surface area (Å²) in [6.07, 6.45) is 3.90. The molecule has 1 saturated heterocycles. The van der Waals surface area contributed by atoms with E-state index in [-0.39, 0.29) is 11.9 Å². The summed E-state index contributed by atoms with van der Waals surface area (Å²) < 4.78 is 0. The molecule has 18 heavy (non-hydrogen) atoms. The van der Waals surface area contributed by atoms with Crippen LogP contribution in [-0.2, 0) is 4.79 Å². The summed E-state index contributed by atoms with van der Waals surface area (Å²) in [5.41, 5.74) is 0. The van der Waals surface area contributed by atoms with E-state index in [0.29, 0.717) is 12.0 Å². The van der Waals surface area contributed by atoms with Gasteiger partial charge in [0, 0.05) is 32.7 Å². The molecule has 1 aliphatic carbocycles. The number of carbonyl (C=O) groups is 1. The Bertz CT molecular complexity index is 295. The van der Waals surface area contributed by atoms with Crippen LogP contribution < -0.4 is 10.6 Å². The maximum absolute atomic E-state index is 12.0. The van der Waals surface area contributed by atoms with Crippen LogP contribution in [0.2, 0.25) is 0 Å². The predicted molar refractivity (Wildman–Crippen MR) is 73.4 cm³/mol. The smallest absolute Gasteiger partial charge is 0.238 e. The third-order valence-electron chi connectivity index (χ3n) is 4.92. The van der Waals surface area contributed by atoms with Gasteiger partial charge in [-0.05, 0) is 18.3 Å². The summed E-state index contributed by atoms with van der Waals surface area (Å²) in [6.45, 7) is 7.51. The monoisotopic (exact) mass is 253 g/mol. The molecule has 2 N–H and O–H groups in total. The van der Waals surface area contributed by atoms with E-state index in [1.54, 1.807) is 7.05 Å². The summed E-state index contributed by atoms with van der Waals surface area (Å²) in [5.74, 6) is 1.64. The summed E-state index contributed by atoms with van der Waals surface area (Å²) in [5, 5.41) is 6.15. The van der Waals surface area contributed by atoms with Gasteiger partial charge in [-0.15, -0.1) is 0 Å². The second kappa shape index (κ2) is 6.02. The van der Waals surface area contributed by atoms with Gasteiger partial charge in [-0.1, -0.05) is 26.7 Å². The molecule has 0 aromatic heterocycles. The van der Waals surface area contributed by atoms with Gasteiger partial charge in [0.1, 0.15) is 6.04 Å². The minimum atomic E-state index is 0.0153. The molecule has 1 saturated carbocycles. The second-order valence-corrected chi connectivity index (χ2v) is 5.91. The van der Waals surface area contributed by atoms with Crippen molar-refractivity contribution in [1.82, 2.24) is 15.5 Å². The van der Waals surface area contributed by atoms with Crippen LogP contribution in [0, 0.1) is 11.8 Å². The molecular weight excluding hydrogens is 226 g/mol. The normalized spacial score (nSPS) is 38.4. The van der Waals surface area contributed by atoms with Gasteiger partial charge in [0.15, 0.2) is 0 Å². The number of piperazine rings is 1. The van der Waals surface area contributed by atoms with Crippen molar-refractivity contribution in [2.45, 2.75) is 45.2 Å². The van der Waals surface area contributed by atoms with Crippen molar-refractivity contribution in [3.05, 3.63) is 0 Å². The van der Waals surface area contributed by atoms with Crippen molar-refractivity contribution in [1.29, 1.82) is 0 Å². The second-order valence-electron chi connectivity index (χ2n) is 5.91. The minimum Gasteiger partial charge on any atom is -0.358 e. The van der Waals surface area contributed by atoms with Gasteiger partial charge in [-0.3, -0.25) is 9.69 Å². The van der Waals surface area contributed by atoms with Crippen molar-refractivity contribution in [3.8, 4) is 0 Å². The molecule has 1 aliphatic heterocycles. The number of likely N-dealkylation sites (N-methyl/N-ethyl adjacent to an activating group) is 1. The van der Waals surface area contributed by atoms with E-state index in [9.17, 15) is 4.79 Å². The molecule has 0 aromatic carbocycles. The molecule has 1 amide bonds. The summed E-state index contributed by atoms with van der Waals surface area (Å²) >= 11 is 0. The molecule has 0 radical (unpaired) electrons. The molecule has 2 fully saturated rings. The van der Waals surface area contributed by atoms with E-state index >= 15 is 0 Å². The predicted octanol–water partition coefficient (Wildman–Crippen LogP) is 0.831. The van der Waals surface area contributed by atoms with Crippen LogP contribution in [0.15, 0.2) is 0 Å². The molecule has 4 atom stereocenters. The summed E-state index contributed by atoms with van der Waals surface area (Å²) in [6, 6.07) is 0.597. The van der Waals surface area contributed by atoms with Crippen molar-refractivity contribution in [2.24, 2.45) is 11.8 Å². The lowest BCUT2D eigenvalue weighted by Crippen LogP contribution is -2.62. The van der Waals surface area contributed by atoms with E-state index in [1.165, 1.54) is 19.3 Å². The quantitative estimate of drug-likeness (QED) is 0.766. The zero-order valence-electron chi connectivity index (χ0n) is 11.9. The SMILES string of the molecule is CNC(=O)C1CNCCN1C1CCCC(C)C1C. The average Bonchev–Trinajstić information content (AvgIpc) is 2.41. The lowest BCUT2D eigenvalue weighted by molar-refractivity contribution is -0.128. The number of rotatable bonds is 2. The Morgan fingerprint density at radius 1 is 1.33 bits per heavy atom. The first-order chi connectivity index (χ1) is 8.65. The van der Waals surface area contributed by atoms with Crippen LogP contribution in [0.3, 0.4) is 0 Å². The van der Waals surface area contributed by atoms with Crippen LogP contribution in [-0.4, -0.2) is 49.6 Å². The third-order valence-corrected chi connectivity index (χ3v) is 4.92. The molecule has 0 bridgehead atoms. The van der Waals surface area contributed by atoms with Gasteiger partial charge in [-0.25, -0.2) is 0 Å². The van der Waals surface area contributed by atoms with Crippen LogP contribution in [0.1, 0.15) is 33.1 Å². The van der Waals surface area contributed by atoms with Gasteiger partial charge in [0.05, 0.1) is 0 Å². The number of carbonyl (C=O) groups excluding carboxylic acids is 1. The maximum atomic E-state index is 12.0. The number of amides is 1. The first-order valence-corrected chi connectivity index (χ1v) is 7.33. The molecule has 4 heteroatoms. The highest BCUT2D eigenvalue weighted by Crippen LogP contribution is 2.33. The lowest BCUT2D eigenvalue weighted by Gasteiger charge is -2.46. The van der Waals surface area contributed by atoms with Gasteiger partial charge in [-0.2, -0.15) is 0 Å². The first-order valence-electron chi connectivity index (χ1n) is 7.33. The lowest BCUT2D eigenvalue weighted by atomic mass is 9.76. The van der Waals surface area contributed by atoms with E-state index in [0.717, 1.165) is 25.6 Å². The largest absolute Gasteiger partial charge is 0.358 e. The van der Waals surface area contributed by atoms with Gasteiger partial charge in [0.2, 0.25) is 5.91 Å². The number of nitrogens with one attached hydrogen (secondary N) is 2. The Hall–Kier alpha value is -0.610. The van der Waals surface area contributed by atoms with Crippen molar-refractivity contribution < 1.29 is 4.79 Å². The topological polar surface area (TPSA) is 44.4 Å². The van der Waals surface area contributed by atoms with Gasteiger partial charge < -0.3 is 10.6 Å². The molecule has 4 unspecified atom stereocenters. The summed E-state index contributed by atoms with van der Waals surface area (Å²) in [4.78, 5) is 14.5. The Labute approximate surface area is 110 Å². The Morgan fingerprint density at radius 2 is 2.11 bits per heavy atom. The number of nitrogens with zero attached hydrogens (tertiary/aromatic N) is 1. The molecule has 4 nitrogen and oxygen atoms in total. The Morgan fingerprint density at radius 3 is 2.83 bits per heavy atom. The van der Waals surface area contributed by atoms with Crippen molar-refractivity contribution in [3.63, 3.8) is 0 Å². The highest BCUT2D eigenvalue weighted by Gasteiger charge is 2.38. The van der Waals surface area contributed by atoms with E-state index < -0.39 is 0 Å². The van der Waals surface area contributed by atoms with Crippen LogP contribution in [0.5, 0.6) is 0 Å². The van der Waals surface area contributed by atoms with E-state index in [1.807, 2.05) is 0 Å². The minimum absolute atomic E-state index is 0.0153. The van der Waals surface area contributed by atoms with E-state index in [4.69, 9.17) is 0 Å².